The highest BCUT2D eigenvalue weighted by atomic mass is 16.4. The number of benzene rings is 1. The normalized spacial score (nSPS) is 30.6. The maximum atomic E-state index is 9.08. The summed E-state index contributed by atoms with van der Waals surface area (Å²) in [6.07, 6.45) is 3.45. The van der Waals surface area contributed by atoms with E-state index in [0.29, 0.717) is 11.8 Å². The molecule has 18 heavy (non-hydrogen) atoms. The van der Waals surface area contributed by atoms with E-state index in [1.165, 1.54) is 18.4 Å². The van der Waals surface area contributed by atoms with Gasteiger partial charge in [0.05, 0.1) is 5.71 Å². The molecular weight excluding hydrogens is 224 g/mol. The van der Waals surface area contributed by atoms with Crippen LogP contribution in [0, 0.1) is 11.8 Å². The first kappa shape index (κ1) is 11.7. The number of oxime groups is 1. The van der Waals surface area contributed by atoms with E-state index in [0.717, 1.165) is 31.8 Å². The van der Waals surface area contributed by atoms with Crippen molar-refractivity contribution in [3.05, 3.63) is 35.9 Å². The van der Waals surface area contributed by atoms with E-state index < -0.39 is 0 Å². The molecule has 0 spiro atoms. The Kier molecular flexibility index (Phi) is 3.33. The molecule has 0 radical (unpaired) electrons. The molecule has 2 aliphatic rings. The monoisotopic (exact) mass is 244 g/mol. The molecule has 0 amide bonds. The van der Waals surface area contributed by atoms with Gasteiger partial charge >= 0.3 is 0 Å². The highest BCUT2D eigenvalue weighted by Gasteiger charge is 2.38. The molecule has 2 atom stereocenters. The van der Waals surface area contributed by atoms with Crippen LogP contribution in [0.1, 0.15) is 24.8 Å². The molecule has 1 saturated carbocycles. The number of nitrogens with zero attached hydrogens (tertiary/aromatic N) is 2. The van der Waals surface area contributed by atoms with Crippen molar-refractivity contribution >= 4 is 5.71 Å². The van der Waals surface area contributed by atoms with E-state index >= 15 is 0 Å². The van der Waals surface area contributed by atoms with Gasteiger partial charge in [0.2, 0.25) is 0 Å². The van der Waals surface area contributed by atoms with E-state index in [2.05, 4.69) is 40.4 Å². The third kappa shape index (κ3) is 2.27. The quantitative estimate of drug-likeness (QED) is 0.641. The number of hydrogen-bond acceptors (Lipinski definition) is 3. The summed E-state index contributed by atoms with van der Waals surface area (Å²) in [6.45, 7) is 3.23. The maximum Gasteiger partial charge on any atom is 0.0617 e. The van der Waals surface area contributed by atoms with E-state index in [1.54, 1.807) is 0 Å². The summed E-state index contributed by atoms with van der Waals surface area (Å²) in [5.74, 6) is 1.20. The van der Waals surface area contributed by atoms with Crippen LogP contribution in [0.2, 0.25) is 0 Å². The fourth-order valence-corrected chi connectivity index (χ4v) is 3.46. The van der Waals surface area contributed by atoms with Crippen molar-refractivity contribution in [1.29, 1.82) is 0 Å². The summed E-state index contributed by atoms with van der Waals surface area (Å²) in [5, 5.41) is 12.6. The molecule has 2 fully saturated rings. The second kappa shape index (κ2) is 5.11. The molecule has 3 heteroatoms. The van der Waals surface area contributed by atoms with Crippen LogP contribution >= 0.6 is 0 Å². The lowest BCUT2D eigenvalue weighted by molar-refractivity contribution is 0.304. The Bertz CT molecular complexity index is 429. The van der Waals surface area contributed by atoms with Gasteiger partial charge in [0.25, 0.3) is 0 Å². The molecular formula is C15H20N2O. The van der Waals surface area contributed by atoms with E-state index in [9.17, 15) is 0 Å². The largest absolute Gasteiger partial charge is 0.411 e. The van der Waals surface area contributed by atoms with Crippen LogP contribution in [0.5, 0.6) is 0 Å². The van der Waals surface area contributed by atoms with Gasteiger partial charge in [-0.1, -0.05) is 35.5 Å². The van der Waals surface area contributed by atoms with Crippen molar-refractivity contribution in [3.63, 3.8) is 0 Å². The van der Waals surface area contributed by atoms with Crippen LogP contribution in [-0.4, -0.2) is 28.9 Å². The van der Waals surface area contributed by atoms with Crippen molar-refractivity contribution < 1.29 is 5.21 Å². The zero-order valence-electron chi connectivity index (χ0n) is 10.6. The lowest BCUT2D eigenvalue weighted by Gasteiger charge is -2.24. The van der Waals surface area contributed by atoms with E-state index in [-0.39, 0.29) is 0 Å². The van der Waals surface area contributed by atoms with Crippen LogP contribution in [0.25, 0.3) is 0 Å². The van der Waals surface area contributed by atoms with Crippen LogP contribution < -0.4 is 0 Å². The SMILES string of the molecule is ON=C1CCCC2CN(Cc3ccccc3)CC12. The number of likely N-dealkylation sites (tertiary alicyclic amines) is 1. The first-order valence-electron chi connectivity index (χ1n) is 6.84. The van der Waals surface area contributed by atoms with Crippen LogP contribution in [0.3, 0.4) is 0 Å². The van der Waals surface area contributed by atoms with Crippen molar-refractivity contribution in [1.82, 2.24) is 4.90 Å². The zero-order valence-corrected chi connectivity index (χ0v) is 10.6. The Labute approximate surface area is 108 Å². The van der Waals surface area contributed by atoms with Gasteiger partial charge in [-0.2, -0.15) is 0 Å². The highest BCUT2D eigenvalue weighted by Crippen LogP contribution is 2.35. The Morgan fingerprint density at radius 2 is 2.06 bits per heavy atom. The van der Waals surface area contributed by atoms with Crippen molar-refractivity contribution in [2.24, 2.45) is 17.0 Å². The number of fused-ring (bicyclic) bond motifs is 1. The van der Waals surface area contributed by atoms with Crippen LogP contribution in [0.4, 0.5) is 0 Å². The Balaban J connectivity index is 1.67. The molecule has 0 bridgehead atoms. The lowest BCUT2D eigenvalue weighted by Crippen LogP contribution is -2.27. The Hall–Kier alpha value is -1.35. The molecule has 0 aromatic heterocycles. The predicted molar refractivity (Wildman–Crippen MR) is 71.8 cm³/mol. The van der Waals surface area contributed by atoms with Gasteiger partial charge in [0, 0.05) is 25.6 Å². The molecule has 1 saturated heterocycles. The van der Waals surface area contributed by atoms with Gasteiger partial charge in [-0.05, 0) is 30.7 Å². The summed E-state index contributed by atoms with van der Waals surface area (Å²) in [5.41, 5.74) is 2.40. The number of hydrogen-bond donors (Lipinski definition) is 1. The minimum absolute atomic E-state index is 0.493. The first-order chi connectivity index (χ1) is 8.86. The maximum absolute atomic E-state index is 9.08. The molecule has 1 aliphatic carbocycles. The minimum atomic E-state index is 0.493. The fourth-order valence-electron chi connectivity index (χ4n) is 3.46. The third-order valence-electron chi connectivity index (χ3n) is 4.33. The molecule has 1 heterocycles. The lowest BCUT2D eigenvalue weighted by atomic mass is 9.80. The smallest absolute Gasteiger partial charge is 0.0617 e. The summed E-state index contributed by atoms with van der Waals surface area (Å²) in [7, 11) is 0. The average Bonchev–Trinajstić information content (AvgIpc) is 2.82. The topological polar surface area (TPSA) is 35.8 Å². The first-order valence-corrected chi connectivity index (χ1v) is 6.84. The van der Waals surface area contributed by atoms with Gasteiger partial charge in [-0.15, -0.1) is 0 Å². The molecule has 1 aromatic rings. The minimum Gasteiger partial charge on any atom is -0.411 e. The Morgan fingerprint density at radius 3 is 2.83 bits per heavy atom. The van der Waals surface area contributed by atoms with E-state index in [1.807, 2.05) is 0 Å². The average molecular weight is 244 g/mol. The van der Waals surface area contributed by atoms with Gasteiger partial charge < -0.3 is 5.21 Å². The third-order valence-corrected chi connectivity index (χ3v) is 4.33. The summed E-state index contributed by atoms with van der Waals surface area (Å²) in [4.78, 5) is 2.50. The molecule has 1 aromatic carbocycles. The summed E-state index contributed by atoms with van der Waals surface area (Å²) < 4.78 is 0. The number of rotatable bonds is 2. The molecule has 96 valence electrons. The van der Waals surface area contributed by atoms with Gasteiger partial charge in [-0.25, -0.2) is 0 Å². The second-order valence-electron chi connectivity index (χ2n) is 5.53. The molecule has 1 aliphatic heterocycles. The van der Waals surface area contributed by atoms with E-state index in [4.69, 9.17) is 5.21 Å². The van der Waals surface area contributed by atoms with Crippen LogP contribution in [0.15, 0.2) is 35.5 Å². The predicted octanol–water partition coefficient (Wildman–Crippen LogP) is 2.75. The molecule has 3 nitrogen and oxygen atoms in total. The van der Waals surface area contributed by atoms with Gasteiger partial charge in [0.1, 0.15) is 0 Å². The summed E-state index contributed by atoms with van der Waals surface area (Å²) >= 11 is 0. The summed E-state index contributed by atoms with van der Waals surface area (Å²) in [6, 6.07) is 10.6. The van der Waals surface area contributed by atoms with Crippen molar-refractivity contribution in [2.75, 3.05) is 13.1 Å². The Morgan fingerprint density at radius 1 is 1.22 bits per heavy atom. The van der Waals surface area contributed by atoms with Crippen molar-refractivity contribution in [2.45, 2.75) is 25.8 Å². The highest BCUT2D eigenvalue weighted by molar-refractivity contribution is 5.87. The van der Waals surface area contributed by atoms with Gasteiger partial charge in [-0.3, -0.25) is 4.90 Å². The molecule has 1 N–H and O–H groups in total. The second-order valence-corrected chi connectivity index (χ2v) is 5.53. The fraction of sp³-hybridized carbons (Fsp3) is 0.533. The standard InChI is InChI=1S/C15H20N2O/c18-16-15-8-4-7-13-10-17(11-14(13)15)9-12-5-2-1-3-6-12/h1-3,5-6,13-14,18H,4,7-11H2. The zero-order chi connectivity index (χ0) is 12.4. The van der Waals surface area contributed by atoms with Crippen LogP contribution in [-0.2, 0) is 6.54 Å². The molecule has 2 unspecified atom stereocenters. The van der Waals surface area contributed by atoms with Crippen molar-refractivity contribution in [3.8, 4) is 0 Å². The molecule has 3 rings (SSSR count). The van der Waals surface area contributed by atoms with Gasteiger partial charge in [0.15, 0.2) is 0 Å².